The van der Waals surface area contributed by atoms with Gasteiger partial charge in [-0.1, -0.05) is 6.07 Å². The molecule has 3 heterocycles. The van der Waals surface area contributed by atoms with E-state index in [0.717, 1.165) is 11.5 Å². The van der Waals surface area contributed by atoms with E-state index < -0.39 is 11.9 Å². The molecule has 0 aliphatic rings. The second-order valence-electron chi connectivity index (χ2n) is 5.26. The monoisotopic (exact) mass is 327 g/mol. The highest BCUT2D eigenvalue weighted by Crippen LogP contribution is 2.03. The topological polar surface area (TPSA) is 102 Å². The van der Waals surface area contributed by atoms with Gasteiger partial charge in [-0.15, -0.1) is 10.2 Å². The average Bonchev–Trinajstić information content (AvgIpc) is 3.24. The van der Waals surface area contributed by atoms with Crippen molar-refractivity contribution in [3.05, 3.63) is 54.4 Å². The number of furan rings is 1. The molecule has 0 spiro atoms. The maximum Gasteiger partial charge on any atom is 0.287 e. The molecule has 0 aliphatic carbocycles. The molecule has 1 unspecified atom stereocenters. The molecule has 0 radical (unpaired) electrons. The van der Waals surface area contributed by atoms with E-state index in [9.17, 15) is 9.59 Å². The van der Waals surface area contributed by atoms with Crippen molar-refractivity contribution in [2.75, 3.05) is 6.54 Å². The first kappa shape index (κ1) is 15.7. The Morgan fingerprint density at radius 1 is 1.25 bits per heavy atom. The molecule has 8 nitrogen and oxygen atoms in total. The van der Waals surface area contributed by atoms with Gasteiger partial charge in [-0.2, -0.15) is 0 Å². The molecule has 124 valence electrons. The largest absolute Gasteiger partial charge is 0.459 e. The highest BCUT2D eigenvalue weighted by molar-refractivity contribution is 5.95. The molecular formula is C16H17N5O3. The summed E-state index contributed by atoms with van der Waals surface area (Å²) in [7, 11) is 0. The Morgan fingerprint density at radius 3 is 2.92 bits per heavy atom. The summed E-state index contributed by atoms with van der Waals surface area (Å²) >= 11 is 0. The van der Waals surface area contributed by atoms with Gasteiger partial charge >= 0.3 is 0 Å². The first-order valence-electron chi connectivity index (χ1n) is 7.56. The predicted octanol–water partition coefficient (Wildman–Crippen LogP) is 0.799. The third kappa shape index (κ3) is 3.43. The van der Waals surface area contributed by atoms with Gasteiger partial charge < -0.3 is 15.1 Å². The number of pyridine rings is 1. The van der Waals surface area contributed by atoms with Crippen LogP contribution in [0.5, 0.6) is 0 Å². The molecule has 0 saturated heterocycles. The third-order valence-corrected chi connectivity index (χ3v) is 3.52. The number of fused-ring (bicyclic) bond motifs is 1. The van der Waals surface area contributed by atoms with Gasteiger partial charge in [-0.25, -0.2) is 0 Å². The summed E-state index contributed by atoms with van der Waals surface area (Å²) < 4.78 is 6.85. The van der Waals surface area contributed by atoms with Gasteiger partial charge in [0.05, 0.1) is 6.26 Å². The van der Waals surface area contributed by atoms with Crippen molar-refractivity contribution in [1.29, 1.82) is 0 Å². The van der Waals surface area contributed by atoms with Crippen molar-refractivity contribution in [1.82, 2.24) is 25.2 Å². The zero-order chi connectivity index (χ0) is 16.9. The van der Waals surface area contributed by atoms with Gasteiger partial charge in [0, 0.05) is 19.2 Å². The van der Waals surface area contributed by atoms with E-state index in [4.69, 9.17) is 4.42 Å². The van der Waals surface area contributed by atoms with Crippen LogP contribution in [0.2, 0.25) is 0 Å². The van der Waals surface area contributed by atoms with Crippen LogP contribution in [0, 0.1) is 0 Å². The minimum atomic E-state index is -0.669. The lowest BCUT2D eigenvalue weighted by molar-refractivity contribution is -0.122. The molecule has 0 aliphatic heterocycles. The van der Waals surface area contributed by atoms with Crippen LogP contribution < -0.4 is 10.6 Å². The van der Waals surface area contributed by atoms with Crippen LogP contribution in [0.15, 0.2) is 47.2 Å². The highest BCUT2D eigenvalue weighted by atomic mass is 16.3. The van der Waals surface area contributed by atoms with Crippen molar-refractivity contribution < 1.29 is 14.0 Å². The van der Waals surface area contributed by atoms with Crippen molar-refractivity contribution >= 4 is 17.5 Å². The number of rotatable bonds is 6. The molecule has 0 aromatic carbocycles. The van der Waals surface area contributed by atoms with E-state index in [1.54, 1.807) is 13.0 Å². The summed E-state index contributed by atoms with van der Waals surface area (Å²) in [5.74, 6) is 0.234. The standard InChI is InChI=1S/C16H17N5O3/c1-11(18-16(23)12-5-4-10-24-12)15(22)17-8-7-14-20-19-13-6-2-3-9-21(13)14/h2-6,9-11H,7-8H2,1H3,(H,17,22)(H,18,23). The van der Waals surface area contributed by atoms with Crippen molar-refractivity contribution in [3.63, 3.8) is 0 Å². The lowest BCUT2D eigenvalue weighted by Gasteiger charge is -2.13. The number of amides is 2. The Bertz CT molecular complexity index is 840. The number of aromatic nitrogens is 3. The lowest BCUT2D eigenvalue weighted by Crippen LogP contribution is -2.45. The van der Waals surface area contributed by atoms with E-state index in [2.05, 4.69) is 20.8 Å². The molecule has 1 atom stereocenters. The number of hydrogen-bond acceptors (Lipinski definition) is 5. The smallest absolute Gasteiger partial charge is 0.287 e. The fraction of sp³-hybridized carbons (Fsp3) is 0.250. The highest BCUT2D eigenvalue weighted by Gasteiger charge is 2.17. The zero-order valence-corrected chi connectivity index (χ0v) is 13.1. The lowest BCUT2D eigenvalue weighted by atomic mass is 10.3. The van der Waals surface area contributed by atoms with Crippen molar-refractivity contribution in [3.8, 4) is 0 Å². The summed E-state index contributed by atoms with van der Waals surface area (Å²) in [6.07, 6.45) is 3.82. The van der Waals surface area contributed by atoms with E-state index in [0.29, 0.717) is 13.0 Å². The van der Waals surface area contributed by atoms with Gasteiger partial charge in [0.15, 0.2) is 11.4 Å². The average molecular weight is 327 g/mol. The van der Waals surface area contributed by atoms with Crippen molar-refractivity contribution in [2.45, 2.75) is 19.4 Å². The second-order valence-corrected chi connectivity index (χ2v) is 5.26. The molecule has 8 heteroatoms. The van der Waals surface area contributed by atoms with Gasteiger partial charge in [0.1, 0.15) is 11.9 Å². The van der Waals surface area contributed by atoms with Gasteiger partial charge in [-0.3, -0.25) is 14.0 Å². The minimum absolute atomic E-state index is 0.171. The molecule has 0 bridgehead atoms. The Balaban J connectivity index is 1.49. The summed E-state index contributed by atoms with van der Waals surface area (Å²) in [6.45, 7) is 2.01. The maximum atomic E-state index is 12.0. The van der Waals surface area contributed by atoms with Crippen LogP contribution in [0.1, 0.15) is 23.3 Å². The number of carbonyl (C=O) groups is 2. The number of nitrogens with one attached hydrogen (secondary N) is 2. The Labute approximate surface area is 137 Å². The van der Waals surface area contributed by atoms with Crippen molar-refractivity contribution in [2.24, 2.45) is 0 Å². The Kier molecular flexibility index (Phi) is 4.55. The quantitative estimate of drug-likeness (QED) is 0.697. The van der Waals surface area contributed by atoms with Crippen LogP contribution in [0.3, 0.4) is 0 Å². The summed E-state index contributed by atoms with van der Waals surface area (Å²) in [6, 6.07) is 8.13. The number of nitrogens with zero attached hydrogens (tertiary/aromatic N) is 3. The summed E-state index contributed by atoms with van der Waals surface area (Å²) in [4.78, 5) is 23.9. The SMILES string of the molecule is CC(NC(=O)c1ccco1)C(=O)NCCc1nnc2ccccn12. The normalized spacial score (nSPS) is 12.0. The predicted molar refractivity (Wildman–Crippen MR) is 85.3 cm³/mol. The summed E-state index contributed by atoms with van der Waals surface area (Å²) in [5.41, 5.74) is 0.762. The van der Waals surface area contributed by atoms with Crippen LogP contribution in [-0.4, -0.2) is 39.0 Å². The van der Waals surface area contributed by atoms with Gasteiger partial charge in [0.25, 0.3) is 5.91 Å². The molecule has 3 rings (SSSR count). The van der Waals surface area contributed by atoms with Crippen LogP contribution in [-0.2, 0) is 11.2 Å². The molecule has 2 N–H and O–H groups in total. The third-order valence-electron chi connectivity index (χ3n) is 3.52. The summed E-state index contributed by atoms with van der Waals surface area (Å²) in [5, 5.41) is 13.5. The molecule has 3 aromatic heterocycles. The zero-order valence-electron chi connectivity index (χ0n) is 13.1. The molecule has 24 heavy (non-hydrogen) atoms. The number of carbonyl (C=O) groups excluding carboxylic acids is 2. The maximum absolute atomic E-state index is 12.0. The van der Waals surface area contributed by atoms with Gasteiger partial charge in [-0.05, 0) is 31.2 Å². The van der Waals surface area contributed by atoms with Crippen LogP contribution in [0.4, 0.5) is 0 Å². The Hall–Kier alpha value is -3.16. The van der Waals surface area contributed by atoms with Gasteiger partial charge in [0.2, 0.25) is 5.91 Å². The minimum Gasteiger partial charge on any atom is -0.459 e. The van der Waals surface area contributed by atoms with Crippen LogP contribution >= 0.6 is 0 Å². The Morgan fingerprint density at radius 2 is 2.12 bits per heavy atom. The fourth-order valence-electron chi connectivity index (χ4n) is 2.25. The first-order valence-corrected chi connectivity index (χ1v) is 7.56. The van der Waals surface area contributed by atoms with E-state index >= 15 is 0 Å². The molecule has 0 saturated carbocycles. The fourth-order valence-corrected chi connectivity index (χ4v) is 2.25. The molecule has 3 aromatic rings. The van der Waals surface area contributed by atoms with E-state index in [1.165, 1.54) is 12.3 Å². The first-order chi connectivity index (χ1) is 11.6. The van der Waals surface area contributed by atoms with E-state index in [1.807, 2.05) is 28.8 Å². The van der Waals surface area contributed by atoms with E-state index in [-0.39, 0.29) is 11.7 Å². The molecule has 0 fully saturated rings. The van der Waals surface area contributed by atoms with Crippen LogP contribution in [0.25, 0.3) is 5.65 Å². The molecule has 2 amide bonds. The molecular weight excluding hydrogens is 310 g/mol. The number of hydrogen-bond donors (Lipinski definition) is 2. The second kappa shape index (κ2) is 6.95.